The van der Waals surface area contributed by atoms with Crippen LogP contribution in [0.2, 0.25) is 0 Å². The van der Waals surface area contributed by atoms with E-state index in [-0.39, 0.29) is 29.6 Å². The van der Waals surface area contributed by atoms with E-state index in [1.54, 1.807) is 12.1 Å². The van der Waals surface area contributed by atoms with Crippen molar-refractivity contribution in [3.05, 3.63) is 47.5 Å². The van der Waals surface area contributed by atoms with E-state index < -0.39 is 25.0 Å². The Bertz CT molecular complexity index is 1010. The highest BCUT2D eigenvalue weighted by Crippen LogP contribution is 2.29. The van der Waals surface area contributed by atoms with Gasteiger partial charge in [-0.2, -0.15) is 0 Å². The minimum Gasteiger partial charge on any atom is -0.493 e. The number of anilines is 1. The van der Waals surface area contributed by atoms with Crippen LogP contribution in [-0.2, 0) is 14.3 Å². The van der Waals surface area contributed by atoms with Crippen molar-refractivity contribution in [3.8, 4) is 17.2 Å². The standard InChI is InChI=1S/C21H19NO8/c1-12(23)13-3-6-18(19(8-13)27-2)29-11-21(26)30-9-16(24)14-4-5-17-15(7-14)22-20(25)10-28-17/h3-8H,9-11H2,1-2H3,(H,22,25). The molecule has 0 radical (unpaired) electrons. The maximum Gasteiger partial charge on any atom is 0.344 e. The molecule has 1 amide bonds. The van der Waals surface area contributed by atoms with Gasteiger partial charge in [0, 0.05) is 11.1 Å². The van der Waals surface area contributed by atoms with Gasteiger partial charge in [0.2, 0.25) is 0 Å². The minimum atomic E-state index is -0.754. The molecule has 0 aliphatic carbocycles. The monoisotopic (exact) mass is 413 g/mol. The summed E-state index contributed by atoms with van der Waals surface area (Å²) in [7, 11) is 1.41. The van der Waals surface area contributed by atoms with Crippen LogP contribution >= 0.6 is 0 Å². The third-order valence-corrected chi connectivity index (χ3v) is 4.21. The summed E-state index contributed by atoms with van der Waals surface area (Å²) < 4.78 is 20.7. The molecule has 0 fully saturated rings. The van der Waals surface area contributed by atoms with Gasteiger partial charge >= 0.3 is 5.97 Å². The van der Waals surface area contributed by atoms with E-state index in [1.165, 1.54) is 38.3 Å². The van der Waals surface area contributed by atoms with E-state index >= 15 is 0 Å². The molecular weight excluding hydrogens is 394 g/mol. The van der Waals surface area contributed by atoms with Crippen molar-refractivity contribution >= 4 is 29.1 Å². The number of carbonyl (C=O) groups is 4. The lowest BCUT2D eigenvalue weighted by Gasteiger charge is -2.18. The molecule has 9 nitrogen and oxygen atoms in total. The first-order valence-corrected chi connectivity index (χ1v) is 8.94. The van der Waals surface area contributed by atoms with Crippen LogP contribution in [-0.4, -0.2) is 50.4 Å². The predicted octanol–water partition coefficient (Wildman–Crippen LogP) is 2.03. The number of rotatable bonds is 8. The van der Waals surface area contributed by atoms with Crippen LogP contribution < -0.4 is 19.5 Å². The Morgan fingerprint density at radius 3 is 2.53 bits per heavy atom. The summed E-state index contributed by atoms with van der Waals surface area (Å²) in [6.07, 6.45) is 0. The van der Waals surface area contributed by atoms with Crippen LogP contribution in [0.5, 0.6) is 17.2 Å². The summed E-state index contributed by atoms with van der Waals surface area (Å²) >= 11 is 0. The Balaban J connectivity index is 1.54. The number of hydrogen-bond donors (Lipinski definition) is 1. The average Bonchev–Trinajstić information content (AvgIpc) is 2.75. The lowest BCUT2D eigenvalue weighted by atomic mass is 10.1. The Kier molecular flexibility index (Phi) is 6.31. The largest absolute Gasteiger partial charge is 0.493 e. The van der Waals surface area contributed by atoms with Gasteiger partial charge in [-0.05, 0) is 43.3 Å². The van der Waals surface area contributed by atoms with Gasteiger partial charge in [0.15, 0.2) is 42.9 Å². The number of fused-ring (bicyclic) bond motifs is 1. The number of esters is 1. The predicted molar refractivity (Wildman–Crippen MR) is 104 cm³/mol. The summed E-state index contributed by atoms with van der Waals surface area (Å²) in [6, 6.07) is 9.10. The van der Waals surface area contributed by atoms with Crippen molar-refractivity contribution in [1.29, 1.82) is 0 Å². The smallest absolute Gasteiger partial charge is 0.344 e. The van der Waals surface area contributed by atoms with Crippen LogP contribution in [0.25, 0.3) is 0 Å². The molecule has 0 spiro atoms. The molecule has 0 atom stereocenters. The molecule has 0 saturated heterocycles. The molecule has 9 heteroatoms. The summed E-state index contributed by atoms with van der Waals surface area (Å²) in [5.41, 5.74) is 1.08. The number of Topliss-reactive ketones (excluding diaryl/α,β-unsaturated/α-hetero) is 2. The molecule has 3 rings (SSSR count). The van der Waals surface area contributed by atoms with Gasteiger partial charge in [-0.25, -0.2) is 4.79 Å². The van der Waals surface area contributed by atoms with Crippen molar-refractivity contribution in [2.45, 2.75) is 6.92 Å². The molecular formula is C21H19NO8. The highest BCUT2D eigenvalue weighted by atomic mass is 16.6. The molecule has 0 saturated carbocycles. The summed E-state index contributed by atoms with van der Waals surface area (Å²) in [4.78, 5) is 47.0. The number of benzene rings is 2. The van der Waals surface area contributed by atoms with Crippen LogP contribution in [0.15, 0.2) is 36.4 Å². The fraction of sp³-hybridized carbons (Fsp3) is 0.238. The first kappa shape index (κ1) is 20.8. The van der Waals surface area contributed by atoms with E-state index in [0.717, 1.165) is 0 Å². The number of carbonyl (C=O) groups excluding carboxylic acids is 4. The summed E-state index contributed by atoms with van der Waals surface area (Å²) in [5, 5.41) is 2.60. The molecule has 156 valence electrons. The fourth-order valence-electron chi connectivity index (χ4n) is 2.67. The van der Waals surface area contributed by atoms with Crippen molar-refractivity contribution < 1.29 is 38.1 Å². The molecule has 1 heterocycles. The van der Waals surface area contributed by atoms with Crippen molar-refractivity contribution in [2.24, 2.45) is 0 Å². The quantitative estimate of drug-likeness (QED) is 0.516. The molecule has 2 aromatic rings. The molecule has 30 heavy (non-hydrogen) atoms. The normalized spacial score (nSPS) is 12.1. The van der Waals surface area contributed by atoms with Crippen molar-refractivity contribution in [3.63, 3.8) is 0 Å². The number of nitrogens with one attached hydrogen (secondary N) is 1. The zero-order valence-electron chi connectivity index (χ0n) is 16.4. The highest BCUT2D eigenvalue weighted by Gasteiger charge is 2.19. The number of hydrogen-bond acceptors (Lipinski definition) is 8. The SMILES string of the molecule is COc1cc(C(C)=O)ccc1OCC(=O)OCC(=O)c1ccc2c(c1)NC(=O)CO2. The lowest BCUT2D eigenvalue weighted by molar-refractivity contribution is -0.144. The molecule has 2 aromatic carbocycles. The van der Waals surface area contributed by atoms with Crippen molar-refractivity contribution in [1.82, 2.24) is 0 Å². The van der Waals surface area contributed by atoms with E-state index in [4.69, 9.17) is 18.9 Å². The number of ketones is 2. The van der Waals surface area contributed by atoms with Crippen LogP contribution in [0.1, 0.15) is 27.6 Å². The lowest BCUT2D eigenvalue weighted by Crippen LogP contribution is -2.25. The van der Waals surface area contributed by atoms with Crippen LogP contribution in [0.4, 0.5) is 5.69 Å². The van der Waals surface area contributed by atoms with E-state index in [2.05, 4.69) is 5.32 Å². The van der Waals surface area contributed by atoms with Crippen LogP contribution in [0.3, 0.4) is 0 Å². The maximum atomic E-state index is 12.3. The molecule has 1 N–H and O–H groups in total. The second-order valence-corrected chi connectivity index (χ2v) is 6.34. The molecule has 1 aliphatic rings. The fourth-order valence-corrected chi connectivity index (χ4v) is 2.67. The summed E-state index contributed by atoms with van der Waals surface area (Å²) in [5.74, 6) is -0.638. The zero-order chi connectivity index (χ0) is 21.7. The van der Waals surface area contributed by atoms with E-state index in [1.807, 2.05) is 0 Å². The Morgan fingerprint density at radius 2 is 1.80 bits per heavy atom. The van der Waals surface area contributed by atoms with Gasteiger partial charge in [-0.3, -0.25) is 14.4 Å². The molecule has 0 bridgehead atoms. The molecule has 0 unspecified atom stereocenters. The van der Waals surface area contributed by atoms with Crippen LogP contribution in [0, 0.1) is 0 Å². The first-order chi connectivity index (χ1) is 14.4. The van der Waals surface area contributed by atoms with E-state index in [9.17, 15) is 19.2 Å². The van der Waals surface area contributed by atoms with Gasteiger partial charge in [0.1, 0.15) is 5.75 Å². The number of ether oxygens (including phenoxy) is 4. The number of methoxy groups -OCH3 is 1. The minimum absolute atomic E-state index is 0.0832. The Hall–Kier alpha value is -3.88. The third-order valence-electron chi connectivity index (χ3n) is 4.21. The topological polar surface area (TPSA) is 117 Å². The van der Waals surface area contributed by atoms with Crippen molar-refractivity contribution in [2.75, 3.05) is 32.2 Å². The second kappa shape index (κ2) is 9.08. The molecule has 0 aromatic heterocycles. The van der Waals surface area contributed by atoms with Gasteiger partial charge in [-0.1, -0.05) is 0 Å². The summed E-state index contributed by atoms with van der Waals surface area (Å²) in [6.45, 7) is 0.403. The van der Waals surface area contributed by atoms with Gasteiger partial charge in [-0.15, -0.1) is 0 Å². The molecule has 1 aliphatic heterocycles. The average molecular weight is 413 g/mol. The highest BCUT2D eigenvalue weighted by molar-refractivity contribution is 6.01. The Morgan fingerprint density at radius 1 is 1.03 bits per heavy atom. The first-order valence-electron chi connectivity index (χ1n) is 8.94. The third kappa shape index (κ3) is 4.93. The zero-order valence-corrected chi connectivity index (χ0v) is 16.4. The number of amides is 1. The second-order valence-electron chi connectivity index (χ2n) is 6.34. The van der Waals surface area contributed by atoms with Gasteiger partial charge < -0.3 is 24.3 Å². The van der Waals surface area contributed by atoms with Gasteiger partial charge in [0.05, 0.1) is 12.8 Å². The maximum absolute atomic E-state index is 12.3. The van der Waals surface area contributed by atoms with Gasteiger partial charge in [0.25, 0.3) is 5.91 Å². The van der Waals surface area contributed by atoms with E-state index in [0.29, 0.717) is 22.7 Å². The Labute approximate surface area is 171 Å².